The van der Waals surface area contributed by atoms with Crippen LogP contribution in [0.5, 0.6) is 0 Å². The molecule has 1 N–H and O–H groups in total. The molecule has 0 aliphatic rings. The van der Waals surface area contributed by atoms with E-state index in [1.54, 1.807) is 0 Å². The molecule has 0 saturated heterocycles. The topological polar surface area (TPSA) is 99.1 Å². The highest BCUT2D eigenvalue weighted by atomic mass is 16.6. The van der Waals surface area contributed by atoms with Crippen molar-refractivity contribution in [1.82, 2.24) is 0 Å². The van der Waals surface area contributed by atoms with Crippen LogP contribution >= 0.6 is 0 Å². The van der Waals surface area contributed by atoms with Crippen LogP contribution in [0, 0.1) is 0 Å². The van der Waals surface area contributed by atoms with E-state index in [1.807, 2.05) is 75.8 Å². The molecule has 0 saturated carbocycles. The van der Waals surface area contributed by atoms with Gasteiger partial charge in [-0.15, -0.1) is 0 Å². The number of nitrogens with zero attached hydrogens (tertiary/aromatic N) is 1. The van der Waals surface area contributed by atoms with Crippen molar-refractivity contribution in [2.45, 2.75) is 161 Å². The van der Waals surface area contributed by atoms with E-state index in [1.165, 1.54) is 77.0 Å². The number of likely N-dealkylation sites (N-methyl/N-ethyl adjacent to an activating group) is 1. The average molecular weight is 731 g/mol. The number of allylic oxidation sites excluding steroid dienone is 10. The van der Waals surface area contributed by atoms with E-state index in [9.17, 15) is 19.5 Å². The quantitative estimate of drug-likeness (QED) is 0.0300. The molecule has 0 heterocycles. The second-order valence-corrected chi connectivity index (χ2v) is 14.6. The lowest BCUT2D eigenvalue weighted by Crippen LogP contribution is -2.50. The second kappa shape index (κ2) is 35.1. The monoisotopic (exact) mass is 731 g/mol. The van der Waals surface area contributed by atoms with Crippen LogP contribution in [-0.4, -0.2) is 80.6 Å². The SMILES string of the molecule is CC/C=C/C=C/C=C/C=C/C=C/CCCC(=O)OCC(COCCC(C(=O)O)[N+](C)(C)C)OC(=O)CCCCCCCCCCCCCCCCC. The molecular weight excluding hydrogens is 654 g/mol. The molecule has 0 aromatic rings. The van der Waals surface area contributed by atoms with Gasteiger partial charge in [0.05, 0.1) is 34.4 Å². The van der Waals surface area contributed by atoms with E-state index < -0.39 is 18.1 Å². The van der Waals surface area contributed by atoms with Crippen LogP contribution in [-0.2, 0) is 28.6 Å². The predicted molar refractivity (Wildman–Crippen MR) is 215 cm³/mol. The molecule has 0 aromatic heterocycles. The minimum Gasteiger partial charge on any atom is -0.477 e. The Morgan fingerprint density at radius 3 is 1.58 bits per heavy atom. The van der Waals surface area contributed by atoms with Crippen molar-refractivity contribution in [1.29, 1.82) is 0 Å². The van der Waals surface area contributed by atoms with Crippen LogP contribution in [0.2, 0.25) is 0 Å². The van der Waals surface area contributed by atoms with Crippen molar-refractivity contribution in [3.8, 4) is 0 Å². The maximum atomic E-state index is 12.7. The van der Waals surface area contributed by atoms with Crippen molar-refractivity contribution in [2.75, 3.05) is 41.0 Å². The van der Waals surface area contributed by atoms with Crippen LogP contribution in [0.3, 0.4) is 0 Å². The van der Waals surface area contributed by atoms with Gasteiger partial charge >= 0.3 is 17.9 Å². The van der Waals surface area contributed by atoms with Crippen LogP contribution in [0.1, 0.15) is 149 Å². The maximum Gasteiger partial charge on any atom is 0.362 e. The summed E-state index contributed by atoms with van der Waals surface area (Å²) in [6.45, 7) is 4.50. The third kappa shape index (κ3) is 32.9. The lowest BCUT2D eigenvalue weighted by Gasteiger charge is -2.31. The van der Waals surface area contributed by atoms with Crippen LogP contribution in [0.15, 0.2) is 60.8 Å². The Morgan fingerprint density at radius 1 is 0.596 bits per heavy atom. The zero-order chi connectivity index (χ0) is 38.5. The number of carbonyl (C=O) groups excluding carboxylic acids is 2. The zero-order valence-corrected chi connectivity index (χ0v) is 33.7. The summed E-state index contributed by atoms with van der Waals surface area (Å²) in [5.74, 6) is -1.57. The van der Waals surface area contributed by atoms with E-state index in [2.05, 4.69) is 19.9 Å². The fourth-order valence-electron chi connectivity index (χ4n) is 5.65. The number of hydrogen-bond donors (Lipinski definition) is 1. The van der Waals surface area contributed by atoms with E-state index >= 15 is 0 Å². The number of carbonyl (C=O) groups is 3. The first-order valence-electron chi connectivity index (χ1n) is 20.4. The highest BCUT2D eigenvalue weighted by molar-refractivity contribution is 5.72. The van der Waals surface area contributed by atoms with Crippen LogP contribution < -0.4 is 0 Å². The van der Waals surface area contributed by atoms with Gasteiger partial charge in [-0.3, -0.25) is 9.59 Å². The molecule has 0 aliphatic heterocycles. The maximum absolute atomic E-state index is 12.7. The van der Waals surface area contributed by atoms with Gasteiger partial charge in [-0.25, -0.2) is 4.79 Å². The second-order valence-electron chi connectivity index (χ2n) is 14.6. The molecule has 0 radical (unpaired) electrons. The number of hydrogen-bond acceptors (Lipinski definition) is 6. The molecule has 2 unspecified atom stereocenters. The standard InChI is InChI=1S/C44H75NO7/c1-6-8-10-12-14-16-18-20-21-23-25-27-29-31-33-35-43(47)52-40(38-50-37-36-41(44(48)49)45(3,4)5)39-51-42(46)34-32-30-28-26-24-22-19-17-15-13-11-9-7-2/h9,11,13,15,17,19,22,24,26,28,40-41H,6-8,10,12,14,16,18,20-21,23,25,27,29-39H2,1-5H3/p+1/b11-9+,15-13+,19-17+,24-22+,28-26+. The molecule has 0 aromatic carbocycles. The Hall–Kier alpha value is -2.97. The fourth-order valence-corrected chi connectivity index (χ4v) is 5.65. The van der Waals surface area contributed by atoms with Crippen molar-refractivity contribution in [2.24, 2.45) is 0 Å². The third-order valence-corrected chi connectivity index (χ3v) is 8.81. The molecule has 0 rings (SSSR count). The zero-order valence-electron chi connectivity index (χ0n) is 33.7. The number of unbranched alkanes of at least 4 members (excludes halogenated alkanes) is 15. The van der Waals surface area contributed by atoms with Gasteiger partial charge in [-0.2, -0.15) is 0 Å². The van der Waals surface area contributed by atoms with Gasteiger partial charge in [0, 0.05) is 19.3 Å². The molecule has 0 amide bonds. The van der Waals surface area contributed by atoms with Gasteiger partial charge in [0.25, 0.3) is 0 Å². The molecule has 8 heteroatoms. The molecule has 0 fully saturated rings. The summed E-state index contributed by atoms with van der Waals surface area (Å²) in [7, 11) is 5.49. The third-order valence-electron chi connectivity index (χ3n) is 8.81. The first-order chi connectivity index (χ1) is 25.1. The molecule has 298 valence electrons. The lowest BCUT2D eigenvalue weighted by atomic mass is 10.0. The molecule has 2 atom stereocenters. The Balaban J connectivity index is 4.49. The van der Waals surface area contributed by atoms with Gasteiger partial charge in [0.15, 0.2) is 12.1 Å². The summed E-state index contributed by atoms with van der Waals surface area (Å²) in [5.41, 5.74) is 0. The van der Waals surface area contributed by atoms with E-state index in [0.717, 1.165) is 32.1 Å². The molecule has 8 nitrogen and oxygen atoms in total. The van der Waals surface area contributed by atoms with E-state index in [-0.39, 0.29) is 42.7 Å². The van der Waals surface area contributed by atoms with Crippen molar-refractivity contribution >= 4 is 17.9 Å². The van der Waals surface area contributed by atoms with Crippen LogP contribution in [0.25, 0.3) is 0 Å². The summed E-state index contributed by atoms with van der Waals surface area (Å²) in [4.78, 5) is 36.8. The number of esters is 2. The normalized spacial score (nSPS) is 13.6. The summed E-state index contributed by atoms with van der Waals surface area (Å²) in [5, 5.41) is 9.59. The number of aliphatic carboxylic acids is 1. The number of ether oxygens (including phenoxy) is 3. The molecule has 0 aliphatic carbocycles. The fraction of sp³-hybridized carbons (Fsp3) is 0.705. The van der Waals surface area contributed by atoms with Crippen LogP contribution in [0.4, 0.5) is 0 Å². The smallest absolute Gasteiger partial charge is 0.362 e. The number of quaternary nitrogens is 1. The largest absolute Gasteiger partial charge is 0.477 e. The van der Waals surface area contributed by atoms with Gasteiger partial charge in [0.2, 0.25) is 0 Å². The first kappa shape index (κ1) is 49.0. The van der Waals surface area contributed by atoms with E-state index in [0.29, 0.717) is 19.3 Å². The van der Waals surface area contributed by atoms with Crippen molar-refractivity contribution < 1.29 is 38.2 Å². The Labute approximate surface area is 318 Å². The summed E-state index contributed by atoms with van der Waals surface area (Å²) in [6, 6.07) is -0.625. The molecular formula is C44H76NO7+. The Morgan fingerprint density at radius 2 is 1.08 bits per heavy atom. The molecule has 0 spiro atoms. The highest BCUT2D eigenvalue weighted by Gasteiger charge is 2.31. The summed E-state index contributed by atoms with van der Waals surface area (Å²) >= 11 is 0. The average Bonchev–Trinajstić information content (AvgIpc) is 3.09. The minimum absolute atomic E-state index is 0.0378. The van der Waals surface area contributed by atoms with Gasteiger partial charge < -0.3 is 23.8 Å². The number of rotatable bonds is 35. The van der Waals surface area contributed by atoms with E-state index in [4.69, 9.17) is 14.2 Å². The van der Waals surface area contributed by atoms with Gasteiger partial charge in [-0.05, 0) is 25.7 Å². The Kier molecular flexibility index (Phi) is 33.1. The minimum atomic E-state index is -0.886. The highest BCUT2D eigenvalue weighted by Crippen LogP contribution is 2.15. The first-order valence-corrected chi connectivity index (χ1v) is 20.4. The molecule has 0 bridgehead atoms. The lowest BCUT2D eigenvalue weighted by molar-refractivity contribution is -0.887. The van der Waals surface area contributed by atoms with Gasteiger partial charge in [0.1, 0.15) is 6.61 Å². The Bertz CT molecular complexity index is 1040. The van der Waals surface area contributed by atoms with Crippen molar-refractivity contribution in [3.05, 3.63) is 60.8 Å². The molecule has 52 heavy (non-hydrogen) atoms. The summed E-state index contributed by atoms with van der Waals surface area (Å²) < 4.78 is 17.2. The summed E-state index contributed by atoms with van der Waals surface area (Å²) in [6.07, 6.45) is 41.3. The van der Waals surface area contributed by atoms with Crippen molar-refractivity contribution in [3.63, 3.8) is 0 Å². The number of carboxylic acid groups (broad SMARTS) is 1. The van der Waals surface area contributed by atoms with Gasteiger partial charge in [-0.1, -0.05) is 164 Å². The number of carboxylic acids is 1. The predicted octanol–water partition coefficient (Wildman–Crippen LogP) is 10.6.